The van der Waals surface area contributed by atoms with E-state index in [1.165, 1.54) is 0 Å². The summed E-state index contributed by atoms with van der Waals surface area (Å²) in [5, 5.41) is 0. The van der Waals surface area contributed by atoms with Crippen LogP contribution in [0.15, 0.2) is 0 Å². The average Bonchev–Trinajstić information content (AvgIpc) is 1.77. The minimum absolute atomic E-state index is 0. The van der Waals surface area contributed by atoms with E-state index >= 15 is 0 Å². The summed E-state index contributed by atoms with van der Waals surface area (Å²) in [7, 11) is -11.9. The third kappa shape index (κ3) is 1860. The molecule has 0 bridgehead atoms. The molecule has 0 fully saturated rings. The van der Waals surface area contributed by atoms with Gasteiger partial charge in [-0.15, -0.1) is 0 Å². The van der Waals surface area contributed by atoms with Gasteiger partial charge < -0.3 is 57.7 Å². The molecule has 0 aliphatic rings. The van der Waals surface area contributed by atoms with E-state index in [4.69, 9.17) is 62.1 Å². The topological polar surface area (TPSA) is 259 Å². The zero-order valence-electron chi connectivity index (χ0n) is 8.57. The van der Waals surface area contributed by atoms with Crippen LogP contribution in [0.25, 0.3) is 0 Å². The number of rotatable bonds is 0. The van der Waals surface area contributed by atoms with E-state index in [0.29, 0.717) is 0 Å². The fourth-order valence-electron chi connectivity index (χ4n) is 0. The van der Waals surface area contributed by atoms with Crippen LogP contribution in [0.4, 0.5) is 4.39 Å². The Morgan fingerprint density at radius 1 is 0.579 bits per heavy atom. The molecule has 0 saturated carbocycles. The SMILES string of the molecule is O=P([O-])([O-])[O-].O=P([O-])([O-])[O-].O=P([O-])([O-])[O-].[C+3]F.[Na+].[V+5]. The molecule has 0 heterocycles. The molecular formula is CFNaO12P3V. The molecule has 12 nitrogen and oxygen atoms in total. The predicted octanol–water partition coefficient (Wildman–Crippen LogP) is -11.0. The van der Waals surface area contributed by atoms with Gasteiger partial charge in [0.25, 0.3) is 0 Å². The monoisotopic (exact) mass is 390 g/mol. The smallest absolute Gasteiger partial charge is 1.00 e. The molecule has 0 N–H and O–H groups in total. The van der Waals surface area contributed by atoms with Crippen LogP contribution < -0.4 is 73.6 Å². The number of hydrogen-bond donors (Lipinski definition) is 0. The zero-order valence-corrected chi connectivity index (χ0v) is 14.6. The van der Waals surface area contributed by atoms with Crippen LogP contribution in [0, 0.1) is 7.18 Å². The molecule has 104 valence electrons. The van der Waals surface area contributed by atoms with Crippen molar-refractivity contribution in [3.05, 3.63) is 7.18 Å². The Morgan fingerprint density at radius 3 is 0.579 bits per heavy atom. The first-order chi connectivity index (χ1) is 7.00. The Balaban J connectivity index is -0.0000000298. The second-order valence-corrected chi connectivity index (χ2v) is 4.02. The minimum atomic E-state index is -5.39. The molecule has 0 aromatic rings. The Bertz CT molecular complexity index is 219. The largest absolute Gasteiger partial charge is 5.00 e. The second kappa shape index (κ2) is 17.9. The van der Waals surface area contributed by atoms with Gasteiger partial charge in [-0.3, -0.25) is 0 Å². The summed E-state index contributed by atoms with van der Waals surface area (Å²) >= 11 is 0. The Hall–Kier alpha value is 1.84. The molecule has 0 spiro atoms. The third-order valence-corrected chi connectivity index (χ3v) is 0. The van der Waals surface area contributed by atoms with Gasteiger partial charge in [0.2, 0.25) is 0 Å². The van der Waals surface area contributed by atoms with Crippen molar-refractivity contribution in [2.75, 3.05) is 0 Å². The van der Waals surface area contributed by atoms with Crippen molar-refractivity contribution in [1.82, 2.24) is 0 Å². The first kappa shape index (κ1) is 37.3. The van der Waals surface area contributed by atoms with Crippen molar-refractivity contribution in [3.63, 3.8) is 0 Å². The first-order valence-electron chi connectivity index (χ1n) is 2.38. The van der Waals surface area contributed by atoms with Crippen molar-refractivity contribution in [3.8, 4) is 0 Å². The third-order valence-electron chi connectivity index (χ3n) is 0. The molecule has 0 saturated heterocycles. The van der Waals surface area contributed by atoms with E-state index in [1.807, 2.05) is 0 Å². The summed E-state index contributed by atoms with van der Waals surface area (Å²) in [4.78, 5) is 76.9. The molecule has 0 aromatic carbocycles. The normalized spacial score (nSPS) is 9.68. The number of phosphoric acid groups is 3. The van der Waals surface area contributed by atoms with Crippen LogP contribution >= 0.6 is 23.5 Å². The standard InChI is InChI=1S/CF.Na.3H3O4P.V/c1-2;;3*1-5(2,3)4;/h;;3*(H3,1,2,3,4);/q+3;+1;;;;+5/p-9. The Morgan fingerprint density at radius 2 is 0.579 bits per heavy atom. The van der Waals surface area contributed by atoms with E-state index in [0.717, 1.165) is 0 Å². The second-order valence-electron chi connectivity index (χ2n) is 1.34. The molecule has 0 amide bonds. The van der Waals surface area contributed by atoms with Gasteiger partial charge >= 0.3 is 59.7 Å². The maximum Gasteiger partial charge on any atom is 5.00 e. The predicted molar refractivity (Wildman–Crippen MR) is 27.2 cm³/mol. The van der Waals surface area contributed by atoms with Gasteiger partial charge in [-0.1, -0.05) is 0 Å². The van der Waals surface area contributed by atoms with Crippen molar-refractivity contribution in [2.24, 2.45) is 0 Å². The molecule has 0 aliphatic carbocycles. The Kier molecular flexibility index (Phi) is 35.1. The molecule has 0 unspecified atom stereocenters. The molecule has 0 aliphatic heterocycles. The van der Waals surface area contributed by atoms with Gasteiger partial charge in [0.05, 0.1) is 0 Å². The van der Waals surface area contributed by atoms with E-state index in [2.05, 4.69) is 7.18 Å². The van der Waals surface area contributed by atoms with E-state index in [1.54, 1.807) is 0 Å². The maximum absolute atomic E-state index is 8.75. The van der Waals surface area contributed by atoms with Crippen LogP contribution in [-0.2, 0) is 32.3 Å². The fourth-order valence-corrected chi connectivity index (χ4v) is 0. The summed E-state index contributed by atoms with van der Waals surface area (Å²) in [5.74, 6) is 0. The van der Waals surface area contributed by atoms with Crippen molar-refractivity contribution in [1.29, 1.82) is 0 Å². The quantitative estimate of drug-likeness (QED) is 0.276. The number of hydrogen-bond acceptors (Lipinski definition) is 12. The van der Waals surface area contributed by atoms with Gasteiger partial charge in [0.1, 0.15) is 0 Å². The summed E-state index contributed by atoms with van der Waals surface area (Å²) < 4.78 is 34.4. The van der Waals surface area contributed by atoms with Gasteiger partial charge in [0.15, 0.2) is 0 Å². The number of halogens is 1. The first-order valence-corrected chi connectivity index (χ1v) is 6.76. The van der Waals surface area contributed by atoms with Crippen LogP contribution in [-0.4, -0.2) is 0 Å². The molecule has 18 heteroatoms. The maximum atomic E-state index is 8.75. The van der Waals surface area contributed by atoms with Crippen LogP contribution in [0.5, 0.6) is 0 Å². The van der Waals surface area contributed by atoms with Gasteiger partial charge in [0, 0.05) is 0 Å². The summed E-state index contributed by atoms with van der Waals surface area (Å²) in [6.07, 6.45) is 0. The minimum Gasteiger partial charge on any atom is 1.00 e. The molecule has 0 radical (unpaired) electrons. The van der Waals surface area contributed by atoms with Crippen molar-refractivity contribution < 1.29 is 110 Å². The van der Waals surface area contributed by atoms with E-state index in [-0.39, 0.29) is 48.1 Å². The average molecular weight is 390 g/mol. The van der Waals surface area contributed by atoms with E-state index < -0.39 is 23.5 Å². The molecular weight excluding hydrogens is 390 g/mol. The zero-order chi connectivity index (χ0) is 15.5. The molecule has 0 rings (SSSR count). The van der Waals surface area contributed by atoms with Crippen molar-refractivity contribution in [2.45, 2.75) is 0 Å². The van der Waals surface area contributed by atoms with Crippen molar-refractivity contribution >= 4 is 23.5 Å². The molecule has 0 atom stereocenters. The fraction of sp³-hybridized carbons (Fsp3) is 0. The van der Waals surface area contributed by atoms with Crippen LogP contribution in [0.1, 0.15) is 0 Å². The Labute approximate surface area is 140 Å². The van der Waals surface area contributed by atoms with Crippen LogP contribution in [0.3, 0.4) is 0 Å². The van der Waals surface area contributed by atoms with Gasteiger partial charge in [-0.2, -0.15) is 23.5 Å². The van der Waals surface area contributed by atoms with Crippen LogP contribution in [0.2, 0.25) is 0 Å². The summed E-state index contributed by atoms with van der Waals surface area (Å²) in [6, 6.07) is 0. The molecule has 19 heavy (non-hydrogen) atoms. The van der Waals surface area contributed by atoms with Gasteiger partial charge in [-0.05, 0) is 0 Å². The summed E-state index contributed by atoms with van der Waals surface area (Å²) in [6.45, 7) is 0. The molecule has 0 aromatic heterocycles. The van der Waals surface area contributed by atoms with E-state index in [9.17, 15) is 0 Å². The summed E-state index contributed by atoms with van der Waals surface area (Å²) in [5.41, 5.74) is 0. The van der Waals surface area contributed by atoms with Gasteiger partial charge in [-0.25, -0.2) is 0 Å².